The van der Waals surface area contributed by atoms with Gasteiger partial charge in [-0.3, -0.25) is 0 Å². The lowest BCUT2D eigenvalue weighted by Gasteiger charge is -2.32. The second kappa shape index (κ2) is 5.21. The lowest BCUT2D eigenvalue weighted by Crippen LogP contribution is -2.38. The molecule has 2 heterocycles. The third-order valence-electron chi connectivity index (χ3n) is 4.44. The van der Waals surface area contributed by atoms with Gasteiger partial charge in [0.1, 0.15) is 11.6 Å². The van der Waals surface area contributed by atoms with E-state index in [1.165, 1.54) is 6.07 Å². The van der Waals surface area contributed by atoms with Crippen LogP contribution in [0.2, 0.25) is 0 Å². The number of ether oxygens (including phenoxy) is 1. The Hall–Kier alpha value is -0.650. The van der Waals surface area contributed by atoms with Crippen LogP contribution in [0.5, 0.6) is 0 Å². The van der Waals surface area contributed by atoms with Gasteiger partial charge in [0.05, 0.1) is 32.5 Å². The lowest BCUT2D eigenvalue weighted by atomic mass is 9.93. The number of nitrogens with zero attached hydrogens (tertiary/aromatic N) is 2. The number of imidazole rings is 1. The van der Waals surface area contributed by atoms with Crippen molar-refractivity contribution in [2.45, 2.75) is 44.2 Å². The van der Waals surface area contributed by atoms with Crippen LogP contribution in [-0.4, -0.2) is 22.3 Å². The van der Waals surface area contributed by atoms with E-state index in [0.717, 1.165) is 17.8 Å². The number of benzene rings is 1. The highest BCUT2D eigenvalue weighted by molar-refractivity contribution is 9.10. The predicted molar refractivity (Wildman–Crippen MR) is 85.3 cm³/mol. The van der Waals surface area contributed by atoms with Gasteiger partial charge in [-0.05, 0) is 49.2 Å². The Morgan fingerprint density at radius 1 is 1.57 bits per heavy atom. The van der Waals surface area contributed by atoms with E-state index in [-0.39, 0.29) is 22.8 Å². The summed E-state index contributed by atoms with van der Waals surface area (Å²) in [5.41, 5.74) is 1.27. The summed E-state index contributed by atoms with van der Waals surface area (Å²) in [5.74, 6) is 0.436. The van der Waals surface area contributed by atoms with Crippen LogP contribution in [0.3, 0.4) is 0 Å². The largest absolute Gasteiger partial charge is 0.376 e. The van der Waals surface area contributed by atoms with Crippen molar-refractivity contribution in [3.8, 4) is 0 Å². The number of fused-ring (bicyclic) bond motifs is 1. The quantitative estimate of drug-likeness (QED) is 0.708. The van der Waals surface area contributed by atoms with E-state index in [2.05, 4.69) is 39.3 Å². The molecule has 3 rings (SSSR count). The maximum atomic E-state index is 13.8. The first-order valence-electron chi connectivity index (χ1n) is 6.98. The predicted octanol–water partition coefficient (Wildman–Crippen LogP) is 4.76. The van der Waals surface area contributed by atoms with E-state index in [4.69, 9.17) is 16.3 Å². The Kier molecular flexibility index (Phi) is 3.79. The fraction of sp³-hybridized carbons (Fsp3) is 0.533. The molecule has 0 N–H and O–H groups in total. The molecule has 21 heavy (non-hydrogen) atoms. The van der Waals surface area contributed by atoms with E-state index in [1.807, 2.05) is 6.92 Å². The molecule has 0 aliphatic carbocycles. The summed E-state index contributed by atoms with van der Waals surface area (Å²) in [6.45, 7) is 6.79. The maximum Gasteiger partial charge on any atom is 0.139 e. The van der Waals surface area contributed by atoms with Crippen molar-refractivity contribution in [1.29, 1.82) is 0 Å². The van der Waals surface area contributed by atoms with Crippen LogP contribution in [0, 0.1) is 5.82 Å². The fourth-order valence-electron chi connectivity index (χ4n) is 3.01. The molecule has 0 bridgehead atoms. The van der Waals surface area contributed by atoms with E-state index in [0.29, 0.717) is 16.6 Å². The van der Waals surface area contributed by atoms with Gasteiger partial charge in [0.15, 0.2) is 0 Å². The van der Waals surface area contributed by atoms with Crippen molar-refractivity contribution in [2.24, 2.45) is 0 Å². The number of aromatic nitrogens is 2. The summed E-state index contributed by atoms with van der Waals surface area (Å²) in [5, 5.41) is -0.260. The summed E-state index contributed by atoms with van der Waals surface area (Å²) in [6.07, 6.45) is 0.929. The van der Waals surface area contributed by atoms with Gasteiger partial charge < -0.3 is 9.30 Å². The molecule has 1 aliphatic heterocycles. The molecule has 1 aromatic heterocycles. The van der Waals surface area contributed by atoms with Gasteiger partial charge in [0, 0.05) is 12.7 Å². The van der Waals surface area contributed by atoms with Crippen LogP contribution in [0.1, 0.15) is 38.4 Å². The smallest absolute Gasteiger partial charge is 0.139 e. The first kappa shape index (κ1) is 15.3. The molecule has 1 aromatic carbocycles. The van der Waals surface area contributed by atoms with E-state index in [9.17, 15) is 4.39 Å². The minimum atomic E-state index is -0.318. The van der Waals surface area contributed by atoms with Crippen molar-refractivity contribution in [3.05, 3.63) is 28.2 Å². The molecule has 3 nitrogen and oxygen atoms in total. The molecular weight excluding hydrogens is 359 g/mol. The number of halogens is 3. The van der Waals surface area contributed by atoms with Crippen LogP contribution in [0.15, 0.2) is 16.6 Å². The highest BCUT2D eigenvalue weighted by Gasteiger charge is 2.41. The Bertz CT molecular complexity index is 703. The zero-order valence-electron chi connectivity index (χ0n) is 12.2. The van der Waals surface area contributed by atoms with Gasteiger partial charge in [0.25, 0.3) is 0 Å². The van der Waals surface area contributed by atoms with Crippen LogP contribution in [-0.2, 0) is 10.3 Å². The molecule has 1 aliphatic rings. The molecule has 3 unspecified atom stereocenters. The summed E-state index contributed by atoms with van der Waals surface area (Å²) in [4.78, 5) is 4.55. The third-order valence-corrected chi connectivity index (χ3v) is 5.24. The van der Waals surface area contributed by atoms with Crippen LogP contribution < -0.4 is 0 Å². The Morgan fingerprint density at radius 2 is 2.29 bits per heavy atom. The highest BCUT2D eigenvalue weighted by atomic mass is 79.9. The Morgan fingerprint density at radius 3 is 2.86 bits per heavy atom. The van der Waals surface area contributed by atoms with Crippen LogP contribution in [0.25, 0.3) is 11.0 Å². The third kappa shape index (κ3) is 2.30. The SMILES string of the molecule is CC(Cl)c1nc2cc(F)c(Br)cc2n1C1(C)CCOC1C. The first-order chi connectivity index (χ1) is 9.84. The van der Waals surface area contributed by atoms with Gasteiger partial charge in [0.2, 0.25) is 0 Å². The monoisotopic (exact) mass is 374 g/mol. The Labute approximate surface area is 136 Å². The topological polar surface area (TPSA) is 27.1 Å². The molecule has 6 heteroatoms. The lowest BCUT2D eigenvalue weighted by molar-refractivity contribution is 0.0763. The number of alkyl halides is 1. The van der Waals surface area contributed by atoms with Gasteiger partial charge in [-0.25, -0.2) is 9.37 Å². The zero-order chi connectivity index (χ0) is 15.4. The van der Waals surface area contributed by atoms with Crippen LogP contribution >= 0.6 is 27.5 Å². The average molecular weight is 376 g/mol. The molecular formula is C15H17BrClFN2O. The molecule has 1 fully saturated rings. The first-order valence-corrected chi connectivity index (χ1v) is 8.21. The summed E-state index contributed by atoms with van der Waals surface area (Å²) in [6, 6.07) is 3.22. The minimum Gasteiger partial charge on any atom is -0.376 e. The van der Waals surface area contributed by atoms with Crippen molar-refractivity contribution in [3.63, 3.8) is 0 Å². The molecule has 2 aromatic rings. The zero-order valence-corrected chi connectivity index (χ0v) is 14.5. The van der Waals surface area contributed by atoms with Crippen LogP contribution in [0.4, 0.5) is 4.39 Å². The van der Waals surface area contributed by atoms with Gasteiger partial charge in [-0.2, -0.15) is 0 Å². The second-order valence-corrected chi connectivity index (χ2v) is 7.31. The molecule has 0 radical (unpaired) electrons. The molecule has 1 saturated heterocycles. The molecule has 0 saturated carbocycles. The summed E-state index contributed by atoms with van der Waals surface area (Å²) in [7, 11) is 0. The normalized spacial score (nSPS) is 27.4. The standard InChI is InChI=1S/C15H17BrClFN2O/c1-8(17)14-19-12-7-11(18)10(16)6-13(12)20(14)15(3)4-5-21-9(15)2/h6-9H,4-5H2,1-3H3. The maximum absolute atomic E-state index is 13.8. The second-order valence-electron chi connectivity index (χ2n) is 5.80. The minimum absolute atomic E-state index is 0.0490. The van der Waals surface area contributed by atoms with Gasteiger partial charge in [-0.1, -0.05) is 0 Å². The van der Waals surface area contributed by atoms with Crippen molar-refractivity contribution in [2.75, 3.05) is 6.61 Å². The fourth-order valence-corrected chi connectivity index (χ4v) is 3.49. The summed E-state index contributed by atoms with van der Waals surface area (Å²) >= 11 is 9.58. The molecule has 114 valence electrons. The Balaban J connectivity index is 2.33. The highest BCUT2D eigenvalue weighted by Crippen LogP contribution is 2.40. The molecule has 0 amide bonds. The van der Waals surface area contributed by atoms with E-state index >= 15 is 0 Å². The molecule has 3 atom stereocenters. The molecule has 0 spiro atoms. The van der Waals surface area contributed by atoms with Gasteiger partial charge in [-0.15, -0.1) is 11.6 Å². The van der Waals surface area contributed by atoms with E-state index in [1.54, 1.807) is 6.07 Å². The number of hydrogen-bond acceptors (Lipinski definition) is 2. The van der Waals surface area contributed by atoms with E-state index < -0.39 is 0 Å². The van der Waals surface area contributed by atoms with Crippen molar-refractivity contribution < 1.29 is 9.13 Å². The number of hydrogen-bond donors (Lipinski definition) is 0. The van der Waals surface area contributed by atoms with Crippen molar-refractivity contribution >= 4 is 38.6 Å². The van der Waals surface area contributed by atoms with Crippen molar-refractivity contribution in [1.82, 2.24) is 9.55 Å². The average Bonchev–Trinajstić information content (AvgIpc) is 2.93. The summed E-state index contributed by atoms with van der Waals surface area (Å²) < 4.78 is 22.1. The number of rotatable bonds is 2. The van der Waals surface area contributed by atoms with Gasteiger partial charge >= 0.3 is 0 Å².